The van der Waals surface area contributed by atoms with Gasteiger partial charge in [0.2, 0.25) is 5.91 Å². The fourth-order valence-electron chi connectivity index (χ4n) is 3.81. The highest BCUT2D eigenvalue weighted by atomic mass is 16.2. The van der Waals surface area contributed by atoms with Gasteiger partial charge in [0.25, 0.3) is 0 Å². The molecule has 2 fully saturated rings. The van der Waals surface area contributed by atoms with Gasteiger partial charge in [0.15, 0.2) is 0 Å². The fourth-order valence-corrected chi connectivity index (χ4v) is 3.81. The molecule has 2 unspecified atom stereocenters. The van der Waals surface area contributed by atoms with Crippen LogP contribution in [0.15, 0.2) is 0 Å². The van der Waals surface area contributed by atoms with E-state index in [1.165, 1.54) is 7.05 Å². The summed E-state index contributed by atoms with van der Waals surface area (Å²) in [5.41, 5.74) is 2.12. The maximum atomic E-state index is 12.4. The summed E-state index contributed by atoms with van der Waals surface area (Å²) in [7, 11) is 1.53. The average molecular weight is 346 g/mol. The van der Waals surface area contributed by atoms with Crippen molar-refractivity contribution in [3.8, 4) is 0 Å². The number of nitrogens with zero attached hydrogens (tertiary/aromatic N) is 4. The molecule has 0 saturated carbocycles. The van der Waals surface area contributed by atoms with Crippen molar-refractivity contribution in [1.29, 1.82) is 0 Å². The van der Waals surface area contributed by atoms with Crippen molar-refractivity contribution in [3.63, 3.8) is 0 Å². The molecule has 3 heterocycles. The number of aromatic nitrogens is 2. The van der Waals surface area contributed by atoms with E-state index < -0.39 is 0 Å². The summed E-state index contributed by atoms with van der Waals surface area (Å²) in [5.74, 6) is 1.76. The van der Waals surface area contributed by atoms with Crippen molar-refractivity contribution < 1.29 is 9.59 Å². The van der Waals surface area contributed by atoms with E-state index >= 15 is 0 Å². The molecule has 2 N–H and O–H groups in total. The number of amides is 3. The third kappa shape index (κ3) is 3.38. The van der Waals surface area contributed by atoms with Crippen molar-refractivity contribution in [2.24, 2.45) is 0 Å². The SMILES string of the molecule is CNC(=O)NCC(=O)N1CC2CCC(C1)N2c1nc(C)nc(C)c1C. The van der Waals surface area contributed by atoms with E-state index in [1.54, 1.807) is 0 Å². The Balaban J connectivity index is 1.73. The topological polar surface area (TPSA) is 90.5 Å². The number of piperazine rings is 1. The molecule has 1 aromatic rings. The van der Waals surface area contributed by atoms with Gasteiger partial charge in [-0.05, 0) is 33.6 Å². The first-order valence-corrected chi connectivity index (χ1v) is 8.74. The van der Waals surface area contributed by atoms with E-state index in [2.05, 4.69) is 32.4 Å². The van der Waals surface area contributed by atoms with Crippen LogP contribution < -0.4 is 15.5 Å². The quantitative estimate of drug-likeness (QED) is 0.832. The second-order valence-corrected chi connectivity index (χ2v) is 6.83. The fraction of sp³-hybridized carbons (Fsp3) is 0.647. The second-order valence-electron chi connectivity index (χ2n) is 6.83. The summed E-state index contributed by atoms with van der Waals surface area (Å²) in [5, 5.41) is 5.03. The van der Waals surface area contributed by atoms with Gasteiger partial charge in [-0.3, -0.25) is 4.79 Å². The van der Waals surface area contributed by atoms with Gasteiger partial charge in [0.05, 0.1) is 6.54 Å². The van der Waals surface area contributed by atoms with E-state index in [4.69, 9.17) is 0 Å². The first-order valence-electron chi connectivity index (χ1n) is 8.74. The van der Waals surface area contributed by atoms with Gasteiger partial charge in [0, 0.05) is 43.5 Å². The molecule has 2 bridgehead atoms. The van der Waals surface area contributed by atoms with Crippen LogP contribution in [0, 0.1) is 20.8 Å². The molecule has 0 radical (unpaired) electrons. The van der Waals surface area contributed by atoms with Gasteiger partial charge in [-0.25, -0.2) is 14.8 Å². The van der Waals surface area contributed by atoms with Crippen LogP contribution in [-0.4, -0.2) is 65.6 Å². The van der Waals surface area contributed by atoms with Crippen LogP contribution in [0.3, 0.4) is 0 Å². The normalized spacial score (nSPS) is 22.1. The summed E-state index contributed by atoms with van der Waals surface area (Å²) >= 11 is 0. The number of urea groups is 1. The Kier molecular flexibility index (Phi) is 4.78. The molecule has 8 nitrogen and oxygen atoms in total. The molecule has 3 amide bonds. The molecule has 2 aliphatic rings. The Labute approximate surface area is 148 Å². The standard InChI is InChI=1S/C17H26N6O2/c1-10-11(2)20-12(3)21-16(10)23-13-5-6-14(23)9-22(8-13)15(24)7-19-17(25)18-4/h13-14H,5-9H2,1-4H3,(H2,18,19,25). The highest BCUT2D eigenvalue weighted by molar-refractivity contribution is 5.84. The number of fused-ring (bicyclic) bond motifs is 2. The maximum absolute atomic E-state index is 12.4. The Hall–Kier alpha value is -2.38. The van der Waals surface area contributed by atoms with Crippen molar-refractivity contribution in [2.45, 2.75) is 45.7 Å². The number of likely N-dealkylation sites (tertiary alicyclic amines) is 1. The van der Waals surface area contributed by atoms with E-state index in [0.717, 1.165) is 35.7 Å². The number of rotatable bonds is 3. The molecule has 2 atom stereocenters. The summed E-state index contributed by atoms with van der Waals surface area (Å²) < 4.78 is 0. The van der Waals surface area contributed by atoms with Crippen LogP contribution in [0.4, 0.5) is 10.6 Å². The van der Waals surface area contributed by atoms with Crippen LogP contribution in [0.1, 0.15) is 29.9 Å². The number of anilines is 1. The van der Waals surface area contributed by atoms with E-state index in [9.17, 15) is 9.59 Å². The first-order chi connectivity index (χ1) is 11.9. The number of hydrogen-bond donors (Lipinski definition) is 2. The third-order valence-electron chi connectivity index (χ3n) is 5.18. The number of carbonyl (C=O) groups is 2. The van der Waals surface area contributed by atoms with Gasteiger partial charge in [-0.1, -0.05) is 0 Å². The second kappa shape index (κ2) is 6.85. The van der Waals surface area contributed by atoms with Gasteiger partial charge >= 0.3 is 6.03 Å². The zero-order valence-electron chi connectivity index (χ0n) is 15.3. The Morgan fingerprint density at radius 2 is 1.76 bits per heavy atom. The van der Waals surface area contributed by atoms with Gasteiger partial charge in [-0.15, -0.1) is 0 Å². The number of aryl methyl sites for hydroxylation is 2. The monoisotopic (exact) mass is 346 g/mol. The van der Waals surface area contributed by atoms with Crippen molar-refractivity contribution in [1.82, 2.24) is 25.5 Å². The lowest BCUT2D eigenvalue weighted by molar-refractivity contribution is -0.131. The lowest BCUT2D eigenvalue weighted by Gasteiger charge is -2.42. The van der Waals surface area contributed by atoms with Gasteiger partial charge in [0.1, 0.15) is 11.6 Å². The van der Waals surface area contributed by atoms with E-state index in [-0.39, 0.29) is 30.6 Å². The predicted molar refractivity (Wildman–Crippen MR) is 94.6 cm³/mol. The molecule has 136 valence electrons. The third-order valence-corrected chi connectivity index (χ3v) is 5.18. The van der Waals surface area contributed by atoms with Crippen LogP contribution in [-0.2, 0) is 4.79 Å². The molecular weight excluding hydrogens is 320 g/mol. The largest absolute Gasteiger partial charge is 0.347 e. The molecule has 0 aliphatic carbocycles. The van der Waals surface area contributed by atoms with Crippen molar-refractivity contribution in [2.75, 3.05) is 31.6 Å². The smallest absolute Gasteiger partial charge is 0.314 e. The van der Waals surface area contributed by atoms with Crippen LogP contribution in [0.25, 0.3) is 0 Å². The average Bonchev–Trinajstić information content (AvgIpc) is 2.84. The zero-order chi connectivity index (χ0) is 18.1. The molecule has 8 heteroatoms. The van der Waals surface area contributed by atoms with Crippen LogP contribution >= 0.6 is 0 Å². The van der Waals surface area contributed by atoms with Crippen LogP contribution in [0.2, 0.25) is 0 Å². The summed E-state index contributed by atoms with van der Waals surface area (Å²) in [6.07, 6.45) is 2.11. The summed E-state index contributed by atoms with van der Waals surface area (Å²) in [6, 6.07) is 0.211. The molecule has 3 rings (SSSR count). The number of carbonyl (C=O) groups excluding carboxylic acids is 2. The van der Waals surface area contributed by atoms with Gasteiger partial charge < -0.3 is 20.4 Å². The highest BCUT2D eigenvalue weighted by Gasteiger charge is 2.42. The minimum absolute atomic E-state index is 0.0316. The van der Waals surface area contributed by atoms with Crippen molar-refractivity contribution >= 4 is 17.8 Å². The van der Waals surface area contributed by atoms with Crippen LogP contribution in [0.5, 0.6) is 0 Å². The number of nitrogens with one attached hydrogen (secondary N) is 2. The molecule has 25 heavy (non-hydrogen) atoms. The maximum Gasteiger partial charge on any atom is 0.314 e. The molecular formula is C17H26N6O2. The Morgan fingerprint density at radius 1 is 1.12 bits per heavy atom. The molecule has 1 aromatic heterocycles. The predicted octanol–water partition coefficient (Wildman–Crippen LogP) is 0.510. The minimum atomic E-state index is -0.336. The zero-order valence-corrected chi connectivity index (χ0v) is 15.3. The van der Waals surface area contributed by atoms with E-state index in [1.807, 2.05) is 18.7 Å². The highest BCUT2D eigenvalue weighted by Crippen LogP contribution is 2.35. The molecule has 0 aromatic carbocycles. The molecule has 2 aliphatic heterocycles. The lowest BCUT2D eigenvalue weighted by Crippen LogP contribution is -2.57. The summed E-state index contributed by atoms with van der Waals surface area (Å²) in [6.45, 7) is 7.37. The lowest BCUT2D eigenvalue weighted by atomic mass is 10.1. The Morgan fingerprint density at radius 3 is 2.36 bits per heavy atom. The molecule has 0 spiro atoms. The van der Waals surface area contributed by atoms with E-state index in [0.29, 0.717) is 13.1 Å². The first kappa shape index (κ1) is 17.4. The number of hydrogen-bond acceptors (Lipinski definition) is 5. The van der Waals surface area contributed by atoms with Crippen molar-refractivity contribution in [3.05, 3.63) is 17.1 Å². The summed E-state index contributed by atoms with van der Waals surface area (Å²) in [4.78, 5) is 37.0. The molecule has 2 saturated heterocycles. The minimum Gasteiger partial charge on any atom is -0.347 e. The Bertz CT molecular complexity index is 678. The van der Waals surface area contributed by atoms with Gasteiger partial charge in [-0.2, -0.15) is 0 Å².